The maximum absolute atomic E-state index is 12.4. The maximum atomic E-state index is 12.4. The SMILES string of the molecule is Cc1c(Br)cc(S(=O)(=O)Cl)cc1C(=O)NC(C)C(C)(C)C. The lowest BCUT2D eigenvalue weighted by atomic mass is 9.88. The van der Waals surface area contributed by atoms with Crippen molar-refractivity contribution in [1.29, 1.82) is 0 Å². The average molecular weight is 397 g/mol. The minimum Gasteiger partial charge on any atom is -0.349 e. The van der Waals surface area contributed by atoms with Crippen LogP contribution < -0.4 is 5.32 Å². The first kappa shape index (κ1) is 18.5. The van der Waals surface area contributed by atoms with Gasteiger partial charge < -0.3 is 5.32 Å². The molecular weight excluding hydrogens is 378 g/mol. The zero-order valence-electron chi connectivity index (χ0n) is 12.6. The predicted molar refractivity (Wildman–Crippen MR) is 88.3 cm³/mol. The highest BCUT2D eigenvalue weighted by Crippen LogP contribution is 2.27. The molecule has 0 aromatic heterocycles. The van der Waals surface area contributed by atoms with Gasteiger partial charge in [0, 0.05) is 26.8 Å². The highest BCUT2D eigenvalue weighted by Gasteiger charge is 2.24. The fraction of sp³-hybridized carbons (Fsp3) is 0.500. The first-order chi connectivity index (χ1) is 9.34. The van der Waals surface area contributed by atoms with E-state index in [1.54, 1.807) is 6.92 Å². The van der Waals surface area contributed by atoms with Crippen molar-refractivity contribution in [1.82, 2.24) is 5.32 Å². The second kappa shape index (κ2) is 6.26. The van der Waals surface area contributed by atoms with Gasteiger partial charge in [-0.1, -0.05) is 36.7 Å². The Morgan fingerprint density at radius 1 is 1.33 bits per heavy atom. The number of carbonyl (C=O) groups is 1. The third-order valence-electron chi connectivity index (χ3n) is 3.49. The van der Waals surface area contributed by atoms with Crippen LogP contribution in [0, 0.1) is 12.3 Å². The molecule has 0 bridgehead atoms. The number of hydrogen-bond acceptors (Lipinski definition) is 3. The van der Waals surface area contributed by atoms with Gasteiger partial charge in [-0.15, -0.1) is 0 Å². The zero-order valence-corrected chi connectivity index (χ0v) is 15.8. The highest BCUT2D eigenvalue weighted by atomic mass is 79.9. The van der Waals surface area contributed by atoms with Gasteiger partial charge in [0.25, 0.3) is 15.0 Å². The fourth-order valence-corrected chi connectivity index (χ4v) is 2.92. The van der Waals surface area contributed by atoms with Crippen molar-refractivity contribution in [3.8, 4) is 0 Å². The van der Waals surface area contributed by atoms with Crippen molar-refractivity contribution in [2.24, 2.45) is 5.41 Å². The van der Waals surface area contributed by atoms with Crippen molar-refractivity contribution in [3.05, 3.63) is 27.7 Å². The number of carbonyl (C=O) groups excluding carboxylic acids is 1. The van der Waals surface area contributed by atoms with Crippen LogP contribution in [0.3, 0.4) is 0 Å². The summed E-state index contributed by atoms with van der Waals surface area (Å²) in [6, 6.07) is 2.62. The summed E-state index contributed by atoms with van der Waals surface area (Å²) in [6.45, 7) is 9.69. The number of benzene rings is 1. The molecule has 1 N–H and O–H groups in total. The average Bonchev–Trinajstić information content (AvgIpc) is 2.29. The van der Waals surface area contributed by atoms with Gasteiger partial charge in [0.05, 0.1) is 4.90 Å². The Hall–Kier alpha value is -0.590. The lowest BCUT2D eigenvalue weighted by Crippen LogP contribution is -2.41. The van der Waals surface area contributed by atoms with Gasteiger partial charge in [0.2, 0.25) is 0 Å². The number of halogens is 2. The molecule has 0 spiro atoms. The Morgan fingerprint density at radius 3 is 2.29 bits per heavy atom. The van der Waals surface area contributed by atoms with Crippen LogP contribution in [0.25, 0.3) is 0 Å². The van der Waals surface area contributed by atoms with Gasteiger partial charge >= 0.3 is 0 Å². The third kappa shape index (κ3) is 4.69. The van der Waals surface area contributed by atoms with Gasteiger partial charge in [0.1, 0.15) is 0 Å². The van der Waals surface area contributed by atoms with E-state index in [4.69, 9.17) is 10.7 Å². The lowest BCUT2D eigenvalue weighted by molar-refractivity contribution is 0.0909. The van der Waals surface area contributed by atoms with Crippen molar-refractivity contribution in [2.45, 2.75) is 45.6 Å². The smallest absolute Gasteiger partial charge is 0.261 e. The van der Waals surface area contributed by atoms with Crippen LogP contribution >= 0.6 is 26.6 Å². The molecule has 0 heterocycles. The first-order valence-corrected chi connectivity index (χ1v) is 9.50. The zero-order chi connectivity index (χ0) is 16.6. The normalized spacial score (nSPS) is 13.9. The molecule has 1 aromatic rings. The standard InChI is InChI=1S/C14H19BrClNO3S/c1-8-11(13(18)17-9(2)14(3,4)5)6-10(7-12(8)15)21(16,19)20/h6-7,9H,1-5H3,(H,17,18). The number of amides is 1. The molecular formula is C14H19BrClNO3S. The summed E-state index contributed by atoms with van der Waals surface area (Å²) in [5, 5.41) is 2.89. The summed E-state index contributed by atoms with van der Waals surface area (Å²) < 4.78 is 23.5. The van der Waals surface area contributed by atoms with Crippen molar-refractivity contribution in [2.75, 3.05) is 0 Å². The van der Waals surface area contributed by atoms with Crippen LogP contribution in [0.2, 0.25) is 0 Å². The van der Waals surface area contributed by atoms with Gasteiger partial charge in [0.15, 0.2) is 0 Å². The van der Waals surface area contributed by atoms with Crippen LogP contribution in [-0.2, 0) is 9.05 Å². The molecule has 1 atom stereocenters. The minimum absolute atomic E-state index is 0.0700. The predicted octanol–water partition coefficient (Wildman–Crippen LogP) is 3.85. The van der Waals surface area contributed by atoms with Crippen LogP contribution in [0.5, 0.6) is 0 Å². The molecule has 7 heteroatoms. The Balaban J connectivity index is 3.24. The molecule has 118 valence electrons. The number of rotatable bonds is 3. The minimum atomic E-state index is -3.89. The van der Waals surface area contributed by atoms with E-state index in [9.17, 15) is 13.2 Å². The molecule has 0 aliphatic heterocycles. The summed E-state index contributed by atoms with van der Waals surface area (Å²) in [4.78, 5) is 12.3. The first-order valence-electron chi connectivity index (χ1n) is 6.39. The molecule has 0 fully saturated rings. The van der Waals surface area contributed by atoms with Crippen molar-refractivity contribution < 1.29 is 13.2 Å². The summed E-state index contributed by atoms with van der Waals surface area (Å²) in [5.74, 6) is -0.321. The second-order valence-electron chi connectivity index (χ2n) is 6.08. The fourth-order valence-electron chi connectivity index (χ4n) is 1.52. The van der Waals surface area contributed by atoms with Gasteiger partial charge in [-0.05, 0) is 37.0 Å². The molecule has 1 rings (SSSR count). The van der Waals surface area contributed by atoms with Crippen molar-refractivity contribution in [3.63, 3.8) is 0 Å². The van der Waals surface area contributed by atoms with E-state index >= 15 is 0 Å². The molecule has 0 saturated heterocycles. The van der Waals surface area contributed by atoms with Gasteiger partial charge in [-0.25, -0.2) is 8.42 Å². The highest BCUT2D eigenvalue weighted by molar-refractivity contribution is 9.10. The largest absolute Gasteiger partial charge is 0.349 e. The molecule has 1 amide bonds. The van der Waals surface area contributed by atoms with E-state index in [1.807, 2.05) is 27.7 Å². The molecule has 21 heavy (non-hydrogen) atoms. The Bertz CT molecular complexity index is 666. The van der Waals surface area contributed by atoms with Gasteiger partial charge in [-0.3, -0.25) is 4.79 Å². The molecule has 1 unspecified atom stereocenters. The quantitative estimate of drug-likeness (QED) is 0.789. The topological polar surface area (TPSA) is 63.2 Å². The van der Waals surface area contributed by atoms with E-state index in [1.165, 1.54) is 12.1 Å². The van der Waals surface area contributed by atoms with E-state index in [-0.39, 0.29) is 22.3 Å². The van der Waals surface area contributed by atoms with E-state index < -0.39 is 9.05 Å². The van der Waals surface area contributed by atoms with Crippen LogP contribution in [-0.4, -0.2) is 20.4 Å². The van der Waals surface area contributed by atoms with Crippen LogP contribution in [0.4, 0.5) is 0 Å². The Labute approximate surface area is 138 Å². The summed E-state index contributed by atoms with van der Waals surface area (Å²) in [7, 11) is 1.46. The van der Waals surface area contributed by atoms with Crippen molar-refractivity contribution >= 4 is 41.6 Å². The second-order valence-corrected chi connectivity index (χ2v) is 9.50. The molecule has 0 saturated carbocycles. The maximum Gasteiger partial charge on any atom is 0.261 e. The molecule has 0 aliphatic carbocycles. The van der Waals surface area contributed by atoms with E-state index in [0.717, 1.165) is 0 Å². The molecule has 0 radical (unpaired) electrons. The van der Waals surface area contributed by atoms with Gasteiger partial charge in [-0.2, -0.15) is 0 Å². The molecule has 1 aromatic carbocycles. The van der Waals surface area contributed by atoms with E-state index in [0.29, 0.717) is 15.6 Å². The molecule has 4 nitrogen and oxygen atoms in total. The van der Waals surface area contributed by atoms with E-state index in [2.05, 4.69) is 21.2 Å². The third-order valence-corrected chi connectivity index (χ3v) is 5.65. The summed E-state index contributed by atoms with van der Waals surface area (Å²) in [6.07, 6.45) is 0. The number of hydrogen-bond donors (Lipinski definition) is 1. The Morgan fingerprint density at radius 2 is 1.86 bits per heavy atom. The lowest BCUT2D eigenvalue weighted by Gasteiger charge is -2.28. The van der Waals surface area contributed by atoms with Crippen LogP contribution in [0.1, 0.15) is 43.6 Å². The monoisotopic (exact) mass is 395 g/mol. The molecule has 0 aliphatic rings. The number of nitrogens with one attached hydrogen (secondary N) is 1. The van der Waals surface area contributed by atoms with Crippen LogP contribution in [0.15, 0.2) is 21.5 Å². The summed E-state index contributed by atoms with van der Waals surface area (Å²) >= 11 is 3.26. The Kier molecular flexibility index (Phi) is 5.51. The summed E-state index contributed by atoms with van der Waals surface area (Å²) in [5.41, 5.74) is 0.856.